The molecule has 0 saturated carbocycles. The maximum Gasteiger partial charge on any atom is -0.00474 e. The Morgan fingerprint density at radius 3 is 1.09 bits per heavy atom. The van der Waals surface area contributed by atoms with Crippen molar-refractivity contribution in [3.8, 4) is 0 Å². The van der Waals surface area contributed by atoms with Crippen LogP contribution < -0.4 is 0 Å². The molecule has 0 aliphatic heterocycles. The summed E-state index contributed by atoms with van der Waals surface area (Å²) in [5.41, 5.74) is 0. The summed E-state index contributed by atoms with van der Waals surface area (Å²) in [5, 5.41) is 0. The van der Waals surface area contributed by atoms with E-state index in [1.54, 1.807) is 0 Å². The summed E-state index contributed by atoms with van der Waals surface area (Å²) in [5.74, 6) is 0. The molecule has 68 valence electrons. The third-order valence-electron chi connectivity index (χ3n) is 1.67. The van der Waals surface area contributed by atoms with Crippen LogP contribution in [0.15, 0.2) is 12.2 Å². The monoisotopic (exact) mass is 157 g/mol. The maximum atomic E-state index is 2.38. The number of rotatable bonds is 3. The second kappa shape index (κ2) is 12.4. The summed E-state index contributed by atoms with van der Waals surface area (Å²) in [7, 11) is 0. The van der Waals surface area contributed by atoms with Gasteiger partial charge in [0.15, 0.2) is 0 Å². The van der Waals surface area contributed by atoms with Gasteiger partial charge in [-0.3, -0.25) is 0 Å². The Labute approximate surface area is 72.1 Å². The molecule has 0 radical (unpaired) electrons. The standard InChI is InChI=1S/C6H15N.C4H8/c1-4-7(5-2)6-3;1-3-4-2/h4-6H2,1-3H3;3-4H,1-2H3. The lowest BCUT2D eigenvalue weighted by Gasteiger charge is -2.13. The fraction of sp³-hybridized carbons (Fsp3) is 0.800. The molecule has 0 spiro atoms. The first-order valence-electron chi connectivity index (χ1n) is 4.56. The van der Waals surface area contributed by atoms with Crippen molar-refractivity contribution in [2.24, 2.45) is 0 Å². The van der Waals surface area contributed by atoms with Crippen molar-refractivity contribution in [2.45, 2.75) is 34.6 Å². The Morgan fingerprint density at radius 1 is 0.818 bits per heavy atom. The van der Waals surface area contributed by atoms with Crippen molar-refractivity contribution >= 4 is 0 Å². The quantitative estimate of drug-likeness (QED) is 0.569. The van der Waals surface area contributed by atoms with Gasteiger partial charge >= 0.3 is 0 Å². The zero-order valence-corrected chi connectivity index (χ0v) is 8.72. The van der Waals surface area contributed by atoms with Crippen LogP contribution in [0.2, 0.25) is 0 Å². The van der Waals surface area contributed by atoms with Gasteiger partial charge in [0.2, 0.25) is 0 Å². The molecule has 0 atom stereocenters. The molecule has 0 saturated heterocycles. The first-order chi connectivity index (χ1) is 5.26. The van der Waals surface area contributed by atoms with Gasteiger partial charge in [-0.15, -0.1) is 0 Å². The molecule has 0 rings (SSSR count). The predicted molar refractivity (Wildman–Crippen MR) is 54.0 cm³/mol. The third kappa shape index (κ3) is 12.8. The Morgan fingerprint density at radius 2 is 1.09 bits per heavy atom. The second-order valence-corrected chi connectivity index (χ2v) is 2.29. The number of nitrogens with zero attached hydrogens (tertiary/aromatic N) is 1. The summed E-state index contributed by atoms with van der Waals surface area (Å²) in [6, 6.07) is 0. The highest BCUT2D eigenvalue weighted by Gasteiger charge is 1.89. The molecule has 11 heavy (non-hydrogen) atoms. The van der Waals surface area contributed by atoms with Crippen LogP contribution in [0.1, 0.15) is 34.6 Å². The topological polar surface area (TPSA) is 3.24 Å². The predicted octanol–water partition coefficient (Wildman–Crippen LogP) is 2.93. The zero-order valence-electron chi connectivity index (χ0n) is 8.72. The minimum atomic E-state index is 1.19. The molecular weight excluding hydrogens is 134 g/mol. The summed E-state index contributed by atoms with van der Waals surface area (Å²) in [4.78, 5) is 2.38. The molecule has 0 bridgehead atoms. The van der Waals surface area contributed by atoms with Crippen molar-refractivity contribution in [1.29, 1.82) is 0 Å². The molecule has 0 amide bonds. The van der Waals surface area contributed by atoms with Crippen LogP contribution in [-0.4, -0.2) is 24.5 Å². The molecule has 0 unspecified atom stereocenters. The van der Waals surface area contributed by atoms with Crippen molar-refractivity contribution in [1.82, 2.24) is 4.90 Å². The maximum absolute atomic E-state index is 2.38. The first-order valence-corrected chi connectivity index (χ1v) is 4.56. The molecule has 0 heterocycles. The van der Waals surface area contributed by atoms with E-state index in [2.05, 4.69) is 25.7 Å². The van der Waals surface area contributed by atoms with Crippen LogP contribution in [0.3, 0.4) is 0 Å². The van der Waals surface area contributed by atoms with Gasteiger partial charge in [-0.25, -0.2) is 0 Å². The normalized spacial score (nSPS) is 10.0. The van der Waals surface area contributed by atoms with Crippen LogP contribution in [0, 0.1) is 0 Å². The molecule has 0 aromatic heterocycles. The van der Waals surface area contributed by atoms with E-state index in [1.165, 1.54) is 19.6 Å². The van der Waals surface area contributed by atoms with E-state index in [0.29, 0.717) is 0 Å². The van der Waals surface area contributed by atoms with Gasteiger partial charge in [-0.2, -0.15) is 0 Å². The van der Waals surface area contributed by atoms with Crippen molar-refractivity contribution in [3.05, 3.63) is 12.2 Å². The Kier molecular flexibility index (Phi) is 15.0. The molecule has 0 aromatic carbocycles. The molecule has 0 N–H and O–H groups in total. The summed E-state index contributed by atoms with van der Waals surface area (Å²) in [6.45, 7) is 14.1. The van der Waals surface area contributed by atoms with Crippen LogP contribution in [-0.2, 0) is 0 Å². The minimum absolute atomic E-state index is 1.19. The van der Waals surface area contributed by atoms with E-state index in [4.69, 9.17) is 0 Å². The molecule has 0 aromatic rings. The fourth-order valence-corrected chi connectivity index (χ4v) is 0.671. The average molecular weight is 157 g/mol. The van der Waals surface area contributed by atoms with Gasteiger partial charge in [0.1, 0.15) is 0 Å². The lowest BCUT2D eigenvalue weighted by Crippen LogP contribution is -2.21. The molecule has 1 heteroatoms. The molecule has 1 nitrogen and oxygen atoms in total. The van der Waals surface area contributed by atoms with Gasteiger partial charge < -0.3 is 4.90 Å². The van der Waals surface area contributed by atoms with E-state index in [0.717, 1.165) is 0 Å². The fourth-order valence-electron chi connectivity index (χ4n) is 0.671. The zero-order chi connectivity index (χ0) is 9.11. The highest BCUT2D eigenvalue weighted by atomic mass is 15.1. The molecule has 0 aliphatic carbocycles. The van der Waals surface area contributed by atoms with Crippen LogP contribution in [0.5, 0.6) is 0 Å². The van der Waals surface area contributed by atoms with E-state index < -0.39 is 0 Å². The van der Waals surface area contributed by atoms with Gasteiger partial charge in [-0.1, -0.05) is 32.9 Å². The Hall–Kier alpha value is -0.300. The smallest absolute Gasteiger partial charge is 0.00474 e. The summed E-state index contributed by atoms with van der Waals surface area (Å²) in [6.07, 6.45) is 4.00. The van der Waals surface area contributed by atoms with Crippen molar-refractivity contribution in [3.63, 3.8) is 0 Å². The lowest BCUT2D eigenvalue weighted by atomic mass is 10.5. The number of allylic oxidation sites excluding steroid dienone is 2. The van der Waals surface area contributed by atoms with E-state index in [-0.39, 0.29) is 0 Å². The van der Waals surface area contributed by atoms with E-state index >= 15 is 0 Å². The molecular formula is C10H23N. The van der Waals surface area contributed by atoms with E-state index in [1.807, 2.05) is 26.0 Å². The Bertz CT molecular complexity index is 63.4. The Balaban J connectivity index is 0. The van der Waals surface area contributed by atoms with Crippen molar-refractivity contribution < 1.29 is 0 Å². The summed E-state index contributed by atoms with van der Waals surface area (Å²) < 4.78 is 0. The van der Waals surface area contributed by atoms with Gasteiger partial charge in [0.05, 0.1) is 0 Å². The van der Waals surface area contributed by atoms with Crippen molar-refractivity contribution in [2.75, 3.05) is 19.6 Å². The van der Waals surface area contributed by atoms with Gasteiger partial charge in [0.25, 0.3) is 0 Å². The molecule has 0 fully saturated rings. The largest absolute Gasteiger partial charge is 0.304 e. The van der Waals surface area contributed by atoms with E-state index in [9.17, 15) is 0 Å². The van der Waals surface area contributed by atoms with Crippen LogP contribution >= 0.6 is 0 Å². The minimum Gasteiger partial charge on any atom is -0.304 e. The SMILES string of the molecule is CC=CC.CCN(CC)CC. The third-order valence-corrected chi connectivity index (χ3v) is 1.67. The van der Waals surface area contributed by atoms with Gasteiger partial charge in [-0.05, 0) is 33.5 Å². The average Bonchev–Trinajstić information content (AvgIpc) is 2.08. The molecule has 0 aliphatic rings. The van der Waals surface area contributed by atoms with Crippen LogP contribution in [0.25, 0.3) is 0 Å². The highest BCUT2D eigenvalue weighted by molar-refractivity contribution is 4.68. The highest BCUT2D eigenvalue weighted by Crippen LogP contribution is 1.81. The van der Waals surface area contributed by atoms with Gasteiger partial charge in [0, 0.05) is 0 Å². The number of hydrogen-bond donors (Lipinski definition) is 0. The van der Waals surface area contributed by atoms with Crippen LogP contribution in [0.4, 0.5) is 0 Å². The number of hydrogen-bond acceptors (Lipinski definition) is 1. The lowest BCUT2D eigenvalue weighted by molar-refractivity contribution is 0.321. The second-order valence-electron chi connectivity index (χ2n) is 2.29. The summed E-state index contributed by atoms with van der Waals surface area (Å²) >= 11 is 0. The first kappa shape index (κ1) is 13.3.